The molecule has 2 aromatic heterocycles. The van der Waals surface area contributed by atoms with Gasteiger partial charge in [-0.05, 0) is 41.5 Å². The van der Waals surface area contributed by atoms with Crippen molar-refractivity contribution in [1.29, 1.82) is 0 Å². The van der Waals surface area contributed by atoms with Crippen molar-refractivity contribution in [2.75, 3.05) is 0 Å². The second-order valence-electron chi connectivity index (χ2n) is 4.30. The van der Waals surface area contributed by atoms with Gasteiger partial charge in [0.2, 0.25) is 0 Å². The van der Waals surface area contributed by atoms with Gasteiger partial charge in [0.15, 0.2) is 5.82 Å². The highest BCUT2D eigenvalue weighted by Gasteiger charge is 2.29. The summed E-state index contributed by atoms with van der Waals surface area (Å²) in [4.78, 5) is 13.0. The lowest BCUT2D eigenvalue weighted by Gasteiger charge is -2.08. The quantitative estimate of drug-likeness (QED) is 0.502. The minimum absolute atomic E-state index is 0.423. The molecule has 0 radical (unpaired) electrons. The molecular formula is C12H7Cl3IN3. The second kappa shape index (κ2) is 5.31. The highest BCUT2D eigenvalue weighted by atomic mass is 127. The Bertz CT molecular complexity index is 659. The van der Waals surface area contributed by atoms with E-state index in [-0.39, 0.29) is 0 Å². The van der Waals surface area contributed by atoms with Crippen molar-refractivity contribution in [3.05, 3.63) is 36.7 Å². The first kappa shape index (κ1) is 13.8. The molecule has 2 heterocycles. The standard InChI is InChI=1S/C12H7Cl3IN3/c13-6-3-7(14)10(17-4-6)12-18-9(5-1-2-5)8(16)11(15)19-12/h3-5H,1-2H2. The number of rotatable bonds is 2. The monoisotopic (exact) mass is 425 g/mol. The van der Waals surface area contributed by atoms with E-state index < -0.39 is 0 Å². The number of hydrogen-bond donors (Lipinski definition) is 0. The molecular weight excluding hydrogens is 419 g/mol. The molecule has 98 valence electrons. The molecule has 1 fully saturated rings. The molecule has 1 aliphatic rings. The van der Waals surface area contributed by atoms with Gasteiger partial charge in [0.1, 0.15) is 10.8 Å². The lowest BCUT2D eigenvalue weighted by molar-refractivity contribution is 0.972. The number of hydrogen-bond acceptors (Lipinski definition) is 3. The van der Waals surface area contributed by atoms with Crippen LogP contribution in [0.15, 0.2) is 12.3 Å². The van der Waals surface area contributed by atoms with Crippen LogP contribution in [0.4, 0.5) is 0 Å². The van der Waals surface area contributed by atoms with Crippen LogP contribution in [0.25, 0.3) is 11.5 Å². The van der Waals surface area contributed by atoms with Crippen LogP contribution in [-0.2, 0) is 0 Å². The van der Waals surface area contributed by atoms with Crippen LogP contribution in [0, 0.1) is 3.57 Å². The van der Waals surface area contributed by atoms with Gasteiger partial charge < -0.3 is 0 Å². The van der Waals surface area contributed by atoms with Gasteiger partial charge in [-0.25, -0.2) is 15.0 Å². The summed E-state index contributed by atoms with van der Waals surface area (Å²) in [5.41, 5.74) is 1.50. The smallest absolute Gasteiger partial charge is 0.181 e. The molecule has 0 atom stereocenters. The van der Waals surface area contributed by atoms with Gasteiger partial charge in [-0.3, -0.25) is 0 Å². The minimum atomic E-state index is 0.423. The molecule has 0 unspecified atom stereocenters. The molecule has 7 heteroatoms. The summed E-state index contributed by atoms with van der Waals surface area (Å²) >= 11 is 20.3. The summed E-state index contributed by atoms with van der Waals surface area (Å²) < 4.78 is 0.913. The molecule has 0 aliphatic heterocycles. The predicted molar refractivity (Wildman–Crippen MR) is 85.0 cm³/mol. The van der Waals surface area contributed by atoms with Crippen molar-refractivity contribution in [3.63, 3.8) is 0 Å². The number of nitrogens with zero attached hydrogens (tertiary/aromatic N) is 3. The van der Waals surface area contributed by atoms with Crippen molar-refractivity contribution in [2.45, 2.75) is 18.8 Å². The molecule has 19 heavy (non-hydrogen) atoms. The van der Waals surface area contributed by atoms with Gasteiger partial charge in [-0.2, -0.15) is 0 Å². The van der Waals surface area contributed by atoms with E-state index in [9.17, 15) is 0 Å². The van der Waals surface area contributed by atoms with Crippen LogP contribution in [-0.4, -0.2) is 15.0 Å². The van der Waals surface area contributed by atoms with Crippen molar-refractivity contribution in [1.82, 2.24) is 15.0 Å². The summed E-state index contributed by atoms with van der Waals surface area (Å²) in [5, 5.41) is 1.35. The van der Waals surface area contributed by atoms with Crippen molar-refractivity contribution < 1.29 is 0 Å². The van der Waals surface area contributed by atoms with Gasteiger partial charge in [-0.1, -0.05) is 34.8 Å². The third-order valence-electron chi connectivity index (χ3n) is 2.82. The zero-order valence-corrected chi connectivity index (χ0v) is 13.9. The molecule has 2 aromatic rings. The van der Waals surface area contributed by atoms with E-state index in [1.165, 1.54) is 6.20 Å². The Morgan fingerprint density at radius 3 is 2.53 bits per heavy atom. The number of pyridine rings is 1. The Balaban J connectivity index is 2.14. The molecule has 0 spiro atoms. The molecule has 0 saturated heterocycles. The number of halogens is 4. The fourth-order valence-electron chi connectivity index (χ4n) is 1.75. The van der Waals surface area contributed by atoms with Crippen LogP contribution >= 0.6 is 57.4 Å². The lowest BCUT2D eigenvalue weighted by atomic mass is 10.2. The minimum Gasteiger partial charge on any atom is -0.250 e. The number of aromatic nitrogens is 3. The highest BCUT2D eigenvalue weighted by molar-refractivity contribution is 14.1. The van der Waals surface area contributed by atoms with Crippen LogP contribution in [0.2, 0.25) is 15.2 Å². The van der Waals surface area contributed by atoms with Crippen molar-refractivity contribution >= 4 is 57.4 Å². The van der Waals surface area contributed by atoms with E-state index >= 15 is 0 Å². The normalized spacial score (nSPS) is 14.7. The average molecular weight is 426 g/mol. The molecule has 1 saturated carbocycles. The first-order valence-corrected chi connectivity index (χ1v) is 7.82. The summed E-state index contributed by atoms with van der Waals surface area (Å²) in [6, 6.07) is 1.62. The van der Waals surface area contributed by atoms with Gasteiger partial charge in [0.25, 0.3) is 0 Å². The van der Waals surface area contributed by atoms with Gasteiger partial charge in [-0.15, -0.1) is 0 Å². The van der Waals surface area contributed by atoms with E-state index in [0.29, 0.717) is 32.6 Å². The van der Waals surface area contributed by atoms with Crippen molar-refractivity contribution in [2.24, 2.45) is 0 Å². The fraction of sp³-hybridized carbons (Fsp3) is 0.250. The Morgan fingerprint density at radius 1 is 1.16 bits per heavy atom. The Kier molecular flexibility index (Phi) is 3.86. The summed E-state index contributed by atoms with van der Waals surface area (Å²) in [6.45, 7) is 0. The summed E-state index contributed by atoms with van der Waals surface area (Å²) in [7, 11) is 0. The topological polar surface area (TPSA) is 38.7 Å². The zero-order chi connectivity index (χ0) is 13.6. The Labute approximate surface area is 138 Å². The summed E-state index contributed by atoms with van der Waals surface area (Å²) in [5.74, 6) is 0.936. The fourth-order valence-corrected chi connectivity index (χ4v) is 3.07. The molecule has 3 nitrogen and oxygen atoms in total. The molecule has 0 bridgehead atoms. The molecule has 0 N–H and O–H groups in total. The second-order valence-corrected chi connectivity index (χ2v) is 6.58. The Morgan fingerprint density at radius 2 is 1.89 bits per heavy atom. The summed E-state index contributed by atoms with van der Waals surface area (Å²) in [6.07, 6.45) is 3.81. The zero-order valence-electron chi connectivity index (χ0n) is 9.50. The van der Waals surface area contributed by atoms with Crippen LogP contribution in [0.5, 0.6) is 0 Å². The third kappa shape index (κ3) is 2.82. The van der Waals surface area contributed by atoms with Gasteiger partial charge >= 0.3 is 0 Å². The van der Waals surface area contributed by atoms with Gasteiger partial charge in [0, 0.05) is 12.1 Å². The maximum atomic E-state index is 6.17. The van der Waals surface area contributed by atoms with Crippen LogP contribution < -0.4 is 0 Å². The maximum Gasteiger partial charge on any atom is 0.181 e. The van der Waals surface area contributed by atoms with E-state index in [1.807, 2.05) is 0 Å². The maximum absolute atomic E-state index is 6.17. The van der Waals surface area contributed by atoms with Crippen LogP contribution in [0.1, 0.15) is 24.5 Å². The van der Waals surface area contributed by atoms with Gasteiger partial charge in [0.05, 0.1) is 19.3 Å². The molecule has 0 amide bonds. The highest BCUT2D eigenvalue weighted by Crippen LogP contribution is 2.43. The first-order valence-electron chi connectivity index (χ1n) is 5.60. The first-order chi connectivity index (χ1) is 9.06. The van der Waals surface area contributed by atoms with Crippen LogP contribution in [0.3, 0.4) is 0 Å². The third-order valence-corrected chi connectivity index (χ3v) is 4.97. The van der Waals surface area contributed by atoms with E-state index in [1.54, 1.807) is 6.07 Å². The van der Waals surface area contributed by atoms with E-state index in [2.05, 4.69) is 37.5 Å². The SMILES string of the molecule is Clc1cnc(-c2nc(Cl)c(I)c(C3CC3)n2)c(Cl)c1. The van der Waals surface area contributed by atoms with E-state index in [0.717, 1.165) is 22.1 Å². The largest absolute Gasteiger partial charge is 0.250 e. The average Bonchev–Trinajstić information content (AvgIpc) is 3.17. The molecule has 0 aromatic carbocycles. The Hall–Kier alpha value is -0.170. The lowest BCUT2D eigenvalue weighted by Crippen LogP contribution is -2.01. The predicted octanol–water partition coefficient (Wildman–Crippen LogP) is 4.98. The molecule has 1 aliphatic carbocycles. The molecule has 3 rings (SSSR count). The van der Waals surface area contributed by atoms with Crippen molar-refractivity contribution in [3.8, 4) is 11.5 Å². The van der Waals surface area contributed by atoms with E-state index in [4.69, 9.17) is 34.8 Å².